The van der Waals surface area contributed by atoms with Crippen LogP contribution >= 0.6 is 0 Å². The van der Waals surface area contributed by atoms with Crippen LogP contribution in [0.4, 0.5) is 0 Å². The third kappa shape index (κ3) is 3.57. The quantitative estimate of drug-likeness (QED) is 0.887. The van der Waals surface area contributed by atoms with Gasteiger partial charge in [0.05, 0.1) is 11.4 Å². The number of rotatable bonds is 5. The molecule has 0 aliphatic heterocycles. The fourth-order valence-electron chi connectivity index (χ4n) is 3.17. The van der Waals surface area contributed by atoms with Crippen LogP contribution in [0.15, 0.2) is 6.07 Å². The van der Waals surface area contributed by atoms with Gasteiger partial charge in [-0.25, -0.2) is 0 Å². The molecule has 1 aliphatic rings. The van der Waals surface area contributed by atoms with Crippen molar-refractivity contribution in [1.82, 2.24) is 14.7 Å². The minimum absolute atomic E-state index is 0.429. The van der Waals surface area contributed by atoms with Crippen LogP contribution in [-0.2, 0) is 13.1 Å². The summed E-state index contributed by atoms with van der Waals surface area (Å²) in [7, 11) is 0. The summed E-state index contributed by atoms with van der Waals surface area (Å²) in [6, 6.07) is 3.35. The Morgan fingerprint density at radius 2 is 2.00 bits per heavy atom. The van der Waals surface area contributed by atoms with E-state index in [2.05, 4.69) is 41.5 Å². The van der Waals surface area contributed by atoms with Crippen molar-refractivity contribution in [2.75, 3.05) is 6.54 Å². The molecular weight excluding hydrogens is 236 g/mol. The average molecular weight is 264 g/mol. The number of hydrogen-bond donors (Lipinski definition) is 1. The van der Waals surface area contributed by atoms with Crippen LogP contribution in [-0.4, -0.2) is 33.3 Å². The van der Waals surface area contributed by atoms with E-state index >= 15 is 0 Å². The highest BCUT2D eigenvalue weighted by Crippen LogP contribution is 2.23. The summed E-state index contributed by atoms with van der Waals surface area (Å²) in [5.41, 5.74) is 8.48. The smallest absolute Gasteiger partial charge is 0.0597 e. The van der Waals surface area contributed by atoms with Crippen LogP contribution in [0.25, 0.3) is 0 Å². The second kappa shape index (κ2) is 6.53. The Morgan fingerprint density at radius 1 is 1.32 bits per heavy atom. The van der Waals surface area contributed by atoms with E-state index in [1.807, 2.05) is 0 Å². The second-order valence-electron chi connectivity index (χ2n) is 5.72. The maximum Gasteiger partial charge on any atom is 0.0597 e. The molecule has 108 valence electrons. The predicted octanol–water partition coefficient (Wildman–Crippen LogP) is 2.30. The largest absolute Gasteiger partial charge is 0.328 e. The number of nitrogens with zero attached hydrogens (tertiary/aromatic N) is 3. The van der Waals surface area contributed by atoms with Gasteiger partial charge in [0.15, 0.2) is 0 Å². The molecule has 1 heterocycles. The highest BCUT2D eigenvalue weighted by atomic mass is 15.3. The topological polar surface area (TPSA) is 47.1 Å². The predicted molar refractivity (Wildman–Crippen MR) is 79.0 cm³/mol. The lowest BCUT2D eigenvalue weighted by Crippen LogP contribution is -2.40. The number of hydrogen-bond acceptors (Lipinski definition) is 3. The summed E-state index contributed by atoms with van der Waals surface area (Å²) in [6.07, 6.45) is 4.84. The first-order valence-corrected chi connectivity index (χ1v) is 7.67. The molecule has 1 aromatic heterocycles. The second-order valence-corrected chi connectivity index (χ2v) is 5.72. The van der Waals surface area contributed by atoms with Crippen LogP contribution in [0.3, 0.4) is 0 Å². The fourth-order valence-corrected chi connectivity index (χ4v) is 3.17. The molecule has 1 aliphatic carbocycles. The summed E-state index contributed by atoms with van der Waals surface area (Å²) in [4.78, 5) is 2.59. The van der Waals surface area contributed by atoms with Gasteiger partial charge in [0.25, 0.3) is 0 Å². The Labute approximate surface area is 117 Å². The Morgan fingerprint density at radius 3 is 2.58 bits per heavy atom. The van der Waals surface area contributed by atoms with Crippen LogP contribution < -0.4 is 5.73 Å². The van der Waals surface area contributed by atoms with E-state index in [1.165, 1.54) is 31.4 Å². The average Bonchev–Trinajstić information content (AvgIpc) is 2.77. The van der Waals surface area contributed by atoms with Crippen LogP contribution in [0.2, 0.25) is 0 Å². The summed E-state index contributed by atoms with van der Waals surface area (Å²) >= 11 is 0. The standard InChI is InChI=1S/C15H28N4/c1-4-18(14-8-6-13(16)7-9-14)11-15-10-12(3)17-19(15)5-2/h10,13-14H,4-9,11,16H2,1-3H3. The van der Waals surface area contributed by atoms with Gasteiger partial charge in [-0.05, 0) is 52.1 Å². The molecule has 0 amide bonds. The molecular formula is C15H28N4. The Balaban J connectivity index is 2.02. The van der Waals surface area contributed by atoms with Crippen molar-refractivity contribution in [3.8, 4) is 0 Å². The van der Waals surface area contributed by atoms with Crippen molar-refractivity contribution in [3.05, 3.63) is 17.5 Å². The van der Waals surface area contributed by atoms with E-state index in [9.17, 15) is 0 Å². The molecule has 0 unspecified atom stereocenters. The first-order valence-electron chi connectivity index (χ1n) is 7.67. The van der Waals surface area contributed by atoms with Crippen molar-refractivity contribution in [1.29, 1.82) is 0 Å². The molecule has 0 atom stereocenters. The third-order valence-electron chi connectivity index (χ3n) is 4.31. The molecule has 0 radical (unpaired) electrons. The minimum Gasteiger partial charge on any atom is -0.328 e. The van der Waals surface area contributed by atoms with Gasteiger partial charge < -0.3 is 5.73 Å². The SMILES string of the molecule is CCN(Cc1cc(C)nn1CC)C1CCC(N)CC1. The van der Waals surface area contributed by atoms with Gasteiger partial charge in [-0.1, -0.05) is 6.92 Å². The molecule has 2 rings (SSSR count). The molecule has 0 aromatic carbocycles. The number of nitrogens with two attached hydrogens (primary N) is 1. The zero-order valence-electron chi connectivity index (χ0n) is 12.6. The summed E-state index contributed by atoms with van der Waals surface area (Å²) in [5.74, 6) is 0. The molecule has 4 heteroatoms. The number of aryl methyl sites for hydroxylation is 2. The molecule has 0 saturated heterocycles. The van der Waals surface area contributed by atoms with Gasteiger partial charge in [0, 0.05) is 25.2 Å². The third-order valence-corrected chi connectivity index (χ3v) is 4.31. The highest BCUT2D eigenvalue weighted by Gasteiger charge is 2.24. The molecule has 1 aromatic rings. The molecule has 1 saturated carbocycles. The summed E-state index contributed by atoms with van der Waals surface area (Å²) < 4.78 is 2.13. The van der Waals surface area contributed by atoms with Crippen molar-refractivity contribution >= 4 is 0 Å². The first kappa shape index (κ1) is 14.5. The maximum atomic E-state index is 6.01. The maximum absolute atomic E-state index is 6.01. The minimum atomic E-state index is 0.429. The molecule has 0 bridgehead atoms. The van der Waals surface area contributed by atoms with Crippen LogP contribution in [0.5, 0.6) is 0 Å². The van der Waals surface area contributed by atoms with E-state index in [4.69, 9.17) is 5.73 Å². The van der Waals surface area contributed by atoms with Crippen LogP contribution in [0.1, 0.15) is 50.9 Å². The van der Waals surface area contributed by atoms with E-state index in [0.717, 1.165) is 25.3 Å². The molecule has 2 N–H and O–H groups in total. The molecule has 0 spiro atoms. The van der Waals surface area contributed by atoms with Crippen molar-refractivity contribution in [3.63, 3.8) is 0 Å². The van der Waals surface area contributed by atoms with Gasteiger partial charge in [-0.2, -0.15) is 5.10 Å². The first-order chi connectivity index (χ1) is 9.13. The van der Waals surface area contributed by atoms with E-state index in [1.54, 1.807) is 0 Å². The van der Waals surface area contributed by atoms with Crippen molar-refractivity contribution in [2.45, 2.75) is 71.6 Å². The van der Waals surface area contributed by atoms with Crippen molar-refractivity contribution in [2.24, 2.45) is 5.73 Å². The highest BCUT2D eigenvalue weighted by molar-refractivity contribution is 5.09. The molecule has 19 heavy (non-hydrogen) atoms. The Kier molecular flexibility index (Phi) is 4.99. The van der Waals surface area contributed by atoms with Gasteiger partial charge in [-0.3, -0.25) is 9.58 Å². The molecule has 1 fully saturated rings. The fraction of sp³-hybridized carbons (Fsp3) is 0.800. The lowest BCUT2D eigenvalue weighted by Gasteiger charge is -2.35. The van der Waals surface area contributed by atoms with Gasteiger partial charge in [0.2, 0.25) is 0 Å². The van der Waals surface area contributed by atoms with Gasteiger partial charge in [0.1, 0.15) is 0 Å². The van der Waals surface area contributed by atoms with Gasteiger partial charge in [-0.15, -0.1) is 0 Å². The Bertz CT molecular complexity index is 391. The monoisotopic (exact) mass is 264 g/mol. The molecule has 4 nitrogen and oxygen atoms in total. The van der Waals surface area contributed by atoms with Crippen LogP contribution in [0, 0.1) is 6.92 Å². The normalized spacial score (nSPS) is 24.1. The lowest BCUT2D eigenvalue weighted by atomic mass is 9.90. The van der Waals surface area contributed by atoms with Crippen molar-refractivity contribution < 1.29 is 0 Å². The number of aromatic nitrogens is 2. The zero-order chi connectivity index (χ0) is 13.8. The lowest BCUT2D eigenvalue weighted by molar-refractivity contribution is 0.145. The summed E-state index contributed by atoms with van der Waals surface area (Å²) in [6.45, 7) is 9.57. The van der Waals surface area contributed by atoms with E-state index < -0.39 is 0 Å². The van der Waals surface area contributed by atoms with Gasteiger partial charge >= 0.3 is 0 Å². The summed E-state index contributed by atoms with van der Waals surface area (Å²) in [5, 5.41) is 4.54. The Hall–Kier alpha value is -0.870. The van der Waals surface area contributed by atoms with E-state index in [0.29, 0.717) is 12.1 Å². The van der Waals surface area contributed by atoms with E-state index in [-0.39, 0.29) is 0 Å². The zero-order valence-corrected chi connectivity index (χ0v) is 12.6.